The smallest absolute Gasteiger partial charge is 0.261 e. The Labute approximate surface area is 239 Å². The van der Waals surface area contributed by atoms with Gasteiger partial charge in [0.25, 0.3) is 11.8 Å². The molecule has 0 saturated carbocycles. The maximum absolute atomic E-state index is 13.2. The summed E-state index contributed by atoms with van der Waals surface area (Å²) in [5, 5.41) is 12.2. The molecule has 1 saturated heterocycles. The molecule has 0 spiro atoms. The Kier molecular flexibility index (Phi) is 9.04. The van der Waals surface area contributed by atoms with E-state index in [1.807, 2.05) is 36.4 Å². The highest BCUT2D eigenvalue weighted by Gasteiger charge is 2.33. The van der Waals surface area contributed by atoms with Crippen LogP contribution in [0.15, 0.2) is 48.5 Å². The molecule has 1 atom stereocenters. The molecule has 41 heavy (non-hydrogen) atoms. The van der Waals surface area contributed by atoms with Crippen molar-refractivity contribution >= 4 is 22.6 Å². The van der Waals surface area contributed by atoms with Crippen LogP contribution in [-0.4, -0.2) is 111 Å². The molecule has 1 N–H and O–H groups in total. The van der Waals surface area contributed by atoms with E-state index in [1.54, 1.807) is 33.5 Å². The number of β-amino-alcohol motifs (C(OH)–C–C–N with tert-alkyl or cyclic N) is 1. The molecule has 1 fully saturated rings. The standard InChI is InChI=1S/C31H37N3O7/c1-38-26-16-21(17-27(39-2)29(26)40-3)19-41-20-23(35)18-33-12-10-32(11-13-33)14-15-34-30(36)24-8-4-6-22-7-5-9-25(28(22)24)31(34)37/h4-9,16-17,23,35H,10-15,18-20H2,1-3H3/t23-/m1/s1. The Morgan fingerprint density at radius 1 is 0.805 bits per heavy atom. The molecule has 2 aliphatic heterocycles. The normalized spacial score (nSPS) is 16.7. The molecule has 218 valence electrons. The summed E-state index contributed by atoms with van der Waals surface area (Å²) in [6.07, 6.45) is -0.630. The summed E-state index contributed by atoms with van der Waals surface area (Å²) in [6, 6.07) is 14.8. The van der Waals surface area contributed by atoms with Crippen molar-refractivity contribution in [1.29, 1.82) is 0 Å². The first kappa shape index (κ1) is 28.8. The Morgan fingerprint density at radius 2 is 1.39 bits per heavy atom. The van der Waals surface area contributed by atoms with E-state index in [-0.39, 0.29) is 18.4 Å². The minimum atomic E-state index is -0.630. The summed E-state index contributed by atoms with van der Waals surface area (Å²) in [7, 11) is 4.69. The number of aliphatic hydroxyl groups excluding tert-OH is 1. The number of carbonyl (C=O) groups excluding carboxylic acids is 2. The molecule has 3 aromatic rings. The molecule has 2 amide bonds. The first-order valence-corrected chi connectivity index (χ1v) is 13.8. The van der Waals surface area contributed by atoms with Gasteiger partial charge in [-0.3, -0.25) is 24.3 Å². The van der Waals surface area contributed by atoms with Gasteiger partial charge in [0.05, 0.1) is 40.6 Å². The topological polar surface area (TPSA) is 101 Å². The number of carbonyl (C=O) groups is 2. The van der Waals surface area contributed by atoms with Crippen LogP contribution in [0.4, 0.5) is 0 Å². The van der Waals surface area contributed by atoms with Crippen molar-refractivity contribution < 1.29 is 33.6 Å². The van der Waals surface area contributed by atoms with Gasteiger partial charge in [-0.15, -0.1) is 0 Å². The molecular formula is C31H37N3O7. The van der Waals surface area contributed by atoms with Crippen LogP contribution in [0.5, 0.6) is 17.2 Å². The van der Waals surface area contributed by atoms with E-state index in [0.717, 1.165) is 42.5 Å². The fourth-order valence-electron chi connectivity index (χ4n) is 5.60. The number of ether oxygens (including phenoxy) is 4. The zero-order chi connectivity index (χ0) is 28.9. The maximum Gasteiger partial charge on any atom is 0.261 e. The number of hydrogen-bond donors (Lipinski definition) is 1. The van der Waals surface area contributed by atoms with Gasteiger partial charge in [-0.1, -0.05) is 24.3 Å². The van der Waals surface area contributed by atoms with Crippen molar-refractivity contribution in [1.82, 2.24) is 14.7 Å². The van der Waals surface area contributed by atoms with E-state index in [1.165, 1.54) is 4.90 Å². The highest BCUT2D eigenvalue weighted by Crippen LogP contribution is 2.38. The van der Waals surface area contributed by atoms with Crippen LogP contribution in [0.2, 0.25) is 0 Å². The van der Waals surface area contributed by atoms with Crippen LogP contribution in [0, 0.1) is 0 Å². The second-order valence-electron chi connectivity index (χ2n) is 10.3. The molecule has 0 aromatic heterocycles. The van der Waals surface area contributed by atoms with Gasteiger partial charge in [0.2, 0.25) is 5.75 Å². The number of hydrogen-bond acceptors (Lipinski definition) is 9. The zero-order valence-corrected chi connectivity index (χ0v) is 23.8. The third kappa shape index (κ3) is 6.15. The maximum atomic E-state index is 13.2. The molecular weight excluding hydrogens is 526 g/mol. The second-order valence-corrected chi connectivity index (χ2v) is 10.3. The molecule has 0 bridgehead atoms. The highest BCUT2D eigenvalue weighted by molar-refractivity contribution is 6.25. The Balaban J connectivity index is 1.06. The molecule has 0 radical (unpaired) electrons. The number of piperazine rings is 1. The van der Waals surface area contributed by atoms with Gasteiger partial charge < -0.3 is 24.1 Å². The summed E-state index contributed by atoms with van der Waals surface area (Å²) in [6.45, 7) is 5.13. The SMILES string of the molecule is COc1cc(COC[C@H](O)CN2CCN(CCN3C(=O)c4cccc5cccc(c45)C3=O)CC2)cc(OC)c1OC. The van der Waals surface area contributed by atoms with Crippen LogP contribution < -0.4 is 14.2 Å². The quantitative estimate of drug-likeness (QED) is 0.333. The largest absolute Gasteiger partial charge is 0.493 e. The van der Waals surface area contributed by atoms with Crippen molar-refractivity contribution in [3.8, 4) is 17.2 Å². The second kappa shape index (κ2) is 12.9. The number of nitrogens with zero attached hydrogens (tertiary/aromatic N) is 3. The minimum Gasteiger partial charge on any atom is -0.493 e. The van der Waals surface area contributed by atoms with Gasteiger partial charge in [-0.25, -0.2) is 0 Å². The van der Waals surface area contributed by atoms with E-state index in [4.69, 9.17) is 18.9 Å². The third-order valence-corrected chi connectivity index (χ3v) is 7.73. The zero-order valence-electron chi connectivity index (χ0n) is 23.8. The molecule has 10 nitrogen and oxygen atoms in total. The van der Waals surface area contributed by atoms with Crippen molar-refractivity contribution in [2.75, 3.05) is 73.7 Å². The Morgan fingerprint density at radius 3 is 1.95 bits per heavy atom. The number of amides is 2. The van der Waals surface area contributed by atoms with Gasteiger partial charge in [-0.05, 0) is 35.2 Å². The van der Waals surface area contributed by atoms with Gasteiger partial charge in [0.15, 0.2) is 11.5 Å². The van der Waals surface area contributed by atoms with Crippen LogP contribution >= 0.6 is 0 Å². The molecule has 2 heterocycles. The number of rotatable bonds is 12. The first-order valence-electron chi connectivity index (χ1n) is 13.8. The third-order valence-electron chi connectivity index (χ3n) is 7.73. The molecule has 0 aliphatic carbocycles. The van der Waals surface area contributed by atoms with E-state index in [2.05, 4.69) is 9.80 Å². The molecule has 3 aromatic carbocycles. The summed E-state index contributed by atoms with van der Waals surface area (Å²) in [4.78, 5) is 32.1. The average Bonchev–Trinajstić information content (AvgIpc) is 2.99. The average molecular weight is 564 g/mol. The number of aliphatic hydroxyl groups is 1. The summed E-state index contributed by atoms with van der Waals surface area (Å²) >= 11 is 0. The van der Waals surface area contributed by atoms with Crippen molar-refractivity contribution in [2.45, 2.75) is 12.7 Å². The summed E-state index contributed by atoms with van der Waals surface area (Å²) in [5.74, 6) is 1.18. The predicted molar refractivity (Wildman–Crippen MR) is 154 cm³/mol. The molecule has 5 rings (SSSR count). The van der Waals surface area contributed by atoms with Gasteiger partial charge >= 0.3 is 0 Å². The summed E-state index contributed by atoms with van der Waals surface area (Å²) in [5.41, 5.74) is 2.03. The predicted octanol–water partition coefficient (Wildman–Crippen LogP) is 2.66. The number of benzene rings is 3. The minimum absolute atomic E-state index is 0.199. The lowest BCUT2D eigenvalue weighted by Crippen LogP contribution is -2.51. The van der Waals surface area contributed by atoms with E-state index >= 15 is 0 Å². The number of methoxy groups -OCH3 is 3. The van der Waals surface area contributed by atoms with Crippen molar-refractivity contribution in [3.05, 3.63) is 65.2 Å². The summed E-state index contributed by atoms with van der Waals surface area (Å²) < 4.78 is 21.9. The monoisotopic (exact) mass is 563 g/mol. The lowest BCUT2D eigenvalue weighted by atomic mass is 9.94. The van der Waals surface area contributed by atoms with Gasteiger partial charge in [-0.2, -0.15) is 0 Å². The van der Waals surface area contributed by atoms with Crippen LogP contribution in [0.1, 0.15) is 26.3 Å². The van der Waals surface area contributed by atoms with Crippen LogP contribution in [0.3, 0.4) is 0 Å². The van der Waals surface area contributed by atoms with Crippen LogP contribution in [-0.2, 0) is 11.3 Å². The highest BCUT2D eigenvalue weighted by atomic mass is 16.5. The molecule has 0 unspecified atom stereocenters. The van der Waals surface area contributed by atoms with Crippen LogP contribution in [0.25, 0.3) is 10.8 Å². The lowest BCUT2D eigenvalue weighted by molar-refractivity contribution is 0.000892. The molecule has 10 heteroatoms. The van der Waals surface area contributed by atoms with E-state index in [9.17, 15) is 14.7 Å². The fourth-order valence-corrected chi connectivity index (χ4v) is 5.60. The van der Waals surface area contributed by atoms with Gasteiger partial charge in [0.1, 0.15) is 0 Å². The number of imide groups is 1. The fraction of sp³-hybridized carbons (Fsp3) is 0.419. The van der Waals surface area contributed by atoms with E-state index in [0.29, 0.717) is 54.6 Å². The van der Waals surface area contributed by atoms with Crippen molar-refractivity contribution in [2.24, 2.45) is 0 Å². The van der Waals surface area contributed by atoms with E-state index < -0.39 is 6.10 Å². The molecule has 2 aliphatic rings. The Hall–Kier alpha value is -3.70. The lowest BCUT2D eigenvalue weighted by Gasteiger charge is -2.36. The van der Waals surface area contributed by atoms with Gasteiger partial charge in [0, 0.05) is 62.3 Å². The Bertz CT molecular complexity index is 1330. The first-order chi connectivity index (χ1) is 19.9. The van der Waals surface area contributed by atoms with Crippen molar-refractivity contribution in [3.63, 3.8) is 0 Å².